The van der Waals surface area contributed by atoms with Crippen molar-refractivity contribution in [3.05, 3.63) is 90.0 Å². The van der Waals surface area contributed by atoms with Gasteiger partial charge >= 0.3 is 5.97 Å². The minimum absolute atomic E-state index is 0.0588. The van der Waals surface area contributed by atoms with E-state index in [0.717, 1.165) is 32.1 Å². The number of methoxy groups -OCH3 is 2. The molecule has 0 aliphatic rings. The zero-order valence-electron chi connectivity index (χ0n) is 22.9. The monoisotopic (exact) mass is 552 g/mol. The molecule has 1 N–H and O–H groups in total. The summed E-state index contributed by atoms with van der Waals surface area (Å²) in [6.45, 7) is 0. The molecular formula is C32H40O6S. The Morgan fingerprint density at radius 1 is 0.718 bits per heavy atom. The molecular weight excluding hydrogens is 512 g/mol. The van der Waals surface area contributed by atoms with Crippen LogP contribution in [0.3, 0.4) is 0 Å². The largest absolute Gasteiger partial charge is 0.493 e. The third-order valence-corrected chi connectivity index (χ3v) is 9.49. The van der Waals surface area contributed by atoms with Gasteiger partial charge in [0, 0.05) is 6.07 Å². The molecule has 7 heteroatoms. The lowest BCUT2D eigenvalue weighted by Crippen LogP contribution is -2.35. The minimum Gasteiger partial charge on any atom is -0.493 e. The van der Waals surface area contributed by atoms with Crippen molar-refractivity contribution in [2.24, 2.45) is 5.92 Å². The average molecular weight is 553 g/mol. The van der Waals surface area contributed by atoms with E-state index in [0.29, 0.717) is 30.8 Å². The van der Waals surface area contributed by atoms with Gasteiger partial charge in [-0.1, -0.05) is 79.9 Å². The minimum atomic E-state index is -3.95. The molecule has 0 heterocycles. The van der Waals surface area contributed by atoms with Gasteiger partial charge in [-0.15, -0.1) is 0 Å². The van der Waals surface area contributed by atoms with Crippen LogP contribution in [0.4, 0.5) is 0 Å². The zero-order valence-corrected chi connectivity index (χ0v) is 23.7. The van der Waals surface area contributed by atoms with Crippen LogP contribution in [-0.4, -0.2) is 39.0 Å². The first-order chi connectivity index (χ1) is 18.9. The predicted molar refractivity (Wildman–Crippen MR) is 154 cm³/mol. The van der Waals surface area contributed by atoms with Gasteiger partial charge in [-0.2, -0.15) is 0 Å². The van der Waals surface area contributed by atoms with Crippen molar-refractivity contribution in [3.63, 3.8) is 0 Å². The second-order valence-corrected chi connectivity index (χ2v) is 12.0. The number of carbonyl (C=O) groups is 1. The van der Waals surface area contributed by atoms with Crippen LogP contribution in [-0.2, 0) is 27.5 Å². The van der Waals surface area contributed by atoms with Crippen LogP contribution in [0.5, 0.6) is 11.5 Å². The highest BCUT2D eigenvalue weighted by atomic mass is 32.2. The number of hydrogen-bond donors (Lipinski definition) is 1. The van der Waals surface area contributed by atoms with Crippen molar-refractivity contribution in [2.45, 2.75) is 67.9 Å². The quantitative estimate of drug-likeness (QED) is 0.186. The second kappa shape index (κ2) is 15.3. The molecule has 0 bridgehead atoms. The first-order valence-corrected chi connectivity index (χ1v) is 15.2. The Kier molecular flexibility index (Phi) is 11.9. The van der Waals surface area contributed by atoms with E-state index in [4.69, 9.17) is 9.47 Å². The third-order valence-electron chi connectivity index (χ3n) is 7.22. The summed E-state index contributed by atoms with van der Waals surface area (Å²) in [7, 11) is -1.01. The van der Waals surface area contributed by atoms with E-state index in [-0.39, 0.29) is 11.3 Å². The number of unbranched alkanes of at least 4 members (excludes halogenated alkanes) is 3. The van der Waals surface area contributed by atoms with E-state index in [1.165, 1.54) is 37.5 Å². The molecule has 2 unspecified atom stereocenters. The highest BCUT2D eigenvalue weighted by Crippen LogP contribution is 2.35. The third kappa shape index (κ3) is 8.85. The number of benzene rings is 3. The summed E-state index contributed by atoms with van der Waals surface area (Å²) in [5, 5.41) is 9.17. The number of aryl methyl sites for hydroxylation is 2. The molecule has 0 aromatic heterocycles. The molecule has 3 aromatic carbocycles. The molecule has 0 aliphatic heterocycles. The SMILES string of the molecule is COc1ccc(S(=O)(=O)C(CCCCc2ccccc2)C(CCCCCc2ccccc2)C(=O)O)cc1OC. The lowest BCUT2D eigenvalue weighted by molar-refractivity contribution is -0.142. The molecule has 0 saturated heterocycles. The Balaban J connectivity index is 1.75. The number of carboxylic acids is 1. The maximum Gasteiger partial charge on any atom is 0.307 e. The average Bonchev–Trinajstić information content (AvgIpc) is 2.96. The summed E-state index contributed by atoms with van der Waals surface area (Å²) >= 11 is 0. The normalized spacial score (nSPS) is 13.0. The van der Waals surface area contributed by atoms with E-state index in [9.17, 15) is 18.3 Å². The molecule has 6 nitrogen and oxygen atoms in total. The first kappa shape index (κ1) is 30.2. The molecule has 0 radical (unpaired) electrons. The zero-order chi connectivity index (χ0) is 28.1. The van der Waals surface area contributed by atoms with Crippen molar-refractivity contribution < 1.29 is 27.8 Å². The van der Waals surface area contributed by atoms with Crippen LogP contribution in [0.25, 0.3) is 0 Å². The Hall–Kier alpha value is -3.32. The molecule has 0 saturated carbocycles. The van der Waals surface area contributed by atoms with E-state index in [2.05, 4.69) is 12.1 Å². The van der Waals surface area contributed by atoms with Gasteiger partial charge in [0.15, 0.2) is 21.3 Å². The molecule has 2 atom stereocenters. The summed E-state index contributed by atoms with van der Waals surface area (Å²) in [5.41, 5.74) is 2.43. The van der Waals surface area contributed by atoms with Crippen LogP contribution in [0.15, 0.2) is 83.8 Å². The standard InChI is InChI=1S/C32H40O6S/c1-37-29-23-22-27(24-30(29)38-2)39(35,36)31(21-13-12-19-26-16-8-4-9-17-26)28(32(33)34)20-11-5-10-18-25-14-6-3-7-15-25/h3-4,6-9,14-17,22-24,28,31H,5,10-13,18-21H2,1-2H3,(H,33,34). The number of carboxylic acid groups (broad SMARTS) is 1. The molecule has 3 aromatic rings. The van der Waals surface area contributed by atoms with Crippen LogP contribution in [0.2, 0.25) is 0 Å². The highest BCUT2D eigenvalue weighted by molar-refractivity contribution is 7.92. The highest BCUT2D eigenvalue weighted by Gasteiger charge is 2.38. The van der Waals surface area contributed by atoms with E-state index in [1.807, 2.05) is 48.5 Å². The first-order valence-electron chi connectivity index (χ1n) is 13.6. The summed E-state index contributed by atoms with van der Waals surface area (Å²) in [6, 6.07) is 24.7. The maximum absolute atomic E-state index is 13.9. The van der Waals surface area contributed by atoms with Gasteiger partial charge in [0.2, 0.25) is 0 Å². The Bertz CT molecular complexity index is 1260. The number of ether oxygens (including phenoxy) is 2. The molecule has 0 fully saturated rings. The second-order valence-electron chi connectivity index (χ2n) is 9.86. The number of hydrogen-bond acceptors (Lipinski definition) is 5. The molecule has 0 amide bonds. The Labute approximate surface area is 232 Å². The fourth-order valence-corrected chi connectivity index (χ4v) is 7.08. The van der Waals surface area contributed by atoms with Gasteiger partial charge < -0.3 is 14.6 Å². The predicted octanol–water partition coefficient (Wildman–Crippen LogP) is 6.76. The summed E-state index contributed by atoms with van der Waals surface area (Å²) in [6.07, 6.45) is 6.18. The fourth-order valence-electron chi connectivity index (χ4n) is 5.04. The van der Waals surface area contributed by atoms with E-state index in [1.54, 1.807) is 6.07 Å². The summed E-state index contributed by atoms with van der Waals surface area (Å²) in [4.78, 5) is 12.5. The van der Waals surface area contributed by atoms with E-state index >= 15 is 0 Å². The summed E-state index contributed by atoms with van der Waals surface area (Å²) in [5.74, 6) is -1.33. The topological polar surface area (TPSA) is 89.9 Å². The van der Waals surface area contributed by atoms with Gasteiger partial charge in [-0.3, -0.25) is 4.79 Å². The van der Waals surface area contributed by atoms with Gasteiger partial charge in [0.25, 0.3) is 0 Å². The van der Waals surface area contributed by atoms with Crippen LogP contribution in [0.1, 0.15) is 56.1 Å². The van der Waals surface area contributed by atoms with Gasteiger partial charge in [-0.05, 0) is 61.8 Å². The van der Waals surface area contributed by atoms with Crippen molar-refractivity contribution in [2.75, 3.05) is 14.2 Å². The maximum atomic E-state index is 13.9. The van der Waals surface area contributed by atoms with Gasteiger partial charge in [-0.25, -0.2) is 8.42 Å². The van der Waals surface area contributed by atoms with Gasteiger partial charge in [0.05, 0.1) is 30.3 Å². The van der Waals surface area contributed by atoms with Crippen LogP contribution >= 0.6 is 0 Å². The smallest absolute Gasteiger partial charge is 0.307 e. The molecule has 210 valence electrons. The number of sulfone groups is 1. The van der Waals surface area contributed by atoms with Crippen LogP contribution < -0.4 is 9.47 Å². The number of aliphatic carboxylic acids is 1. The molecule has 39 heavy (non-hydrogen) atoms. The van der Waals surface area contributed by atoms with Crippen LogP contribution in [0, 0.1) is 5.92 Å². The molecule has 3 rings (SSSR count). The Morgan fingerprint density at radius 3 is 1.79 bits per heavy atom. The Morgan fingerprint density at radius 2 is 1.26 bits per heavy atom. The molecule has 0 aliphatic carbocycles. The van der Waals surface area contributed by atoms with Crippen molar-refractivity contribution in [1.29, 1.82) is 0 Å². The van der Waals surface area contributed by atoms with Crippen molar-refractivity contribution in [1.82, 2.24) is 0 Å². The lowest BCUT2D eigenvalue weighted by atomic mass is 9.93. The van der Waals surface area contributed by atoms with Gasteiger partial charge in [0.1, 0.15) is 0 Å². The fraction of sp³-hybridized carbons (Fsp3) is 0.406. The summed E-state index contributed by atoms with van der Waals surface area (Å²) < 4.78 is 38.4. The lowest BCUT2D eigenvalue weighted by Gasteiger charge is -2.25. The van der Waals surface area contributed by atoms with Crippen molar-refractivity contribution in [3.8, 4) is 11.5 Å². The molecule has 0 spiro atoms. The van der Waals surface area contributed by atoms with E-state index < -0.39 is 27.0 Å². The number of rotatable bonds is 17. The van der Waals surface area contributed by atoms with Crippen molar-refractivity contribution >= 4 is 15.8 Å².